The van der Waals surface area contributed by atoms with Gasteiger partial charge in [0.2, 0.25) is 0 Å². The summed E-state index contributed by atoms with van der Waals surface area (Å²) in [4.78, 5) is 16.7. The Labute approximate surface area is 107 Å². The van der Waals surface area contributed by atoms with Gasteiger partial charge in [0.15, 0.2) is 0 Å². The van der Waals surface area contributed by atoms with Crippen molar-refractivity contribution in [3.8, 4) is 6.07 Å². The lowest BCUT2D eigenvalue weighted by molar-refractivity contribution is -0.139. The lowest BCUT2D eigenvalue weighted by atomic mass is 10.0. The molecule has 18 heavy (non-hydrogen) atoms. The molecule has 5 heteroatoms. The maximum absolute atomic E-state index is 10.9. The van der Waals surface area contributed by atoms with Crippen LogP contribution < -0.4 is 0 Å². The first-order valence-electron chi connectivity index (χ1n) is 5.65. The molecule has 1 heterocycles. The van der Waals surface area contributed by atoms with Crippen LogP contribution in [0.3, 0.4) is 0 Å². The van der Waals surface area contributed by atoms with Gasteiger partial charge in [-0.2, -0.15) is 5.26 Å². The van der Waals surface area contributed by atoms with E-state index in [-0.39, 0.29) is 12.1 Å². The van der Waals surface area contributed by atoms with Gasteiger partial charge >= 0.3 is 5.97 Å². The van der Waals surface area contributed by atoms with Crippen LogP contribution in [-0.2, 0) is 11.3 Å². The number of carboxylic acids is 1. The number of carbonyl (C=O) groups is 1. The first-order valence-corrected chi connectivity index (χ1v) is 5.65. The van der Waals surface area contributed by atoms with Crippen LogP contribution in [0.1, 0.15) is 32.0 Å². The molecule has 0 saturated carbocycles. The highest BCUT2D eigenvalue weighted by Crippen LogP contribution is 2.18. The predicted octanol–water partition coefficient (Wildman–Crippen LogP) is 1.64. The molecule has 5 nitrogen and oxygen atoms in total. The number of nitrogens with zero attached hydrogens (tertiary/aromatic N) is 3. The number of hydrogen-bond acceptors (Lipinski definition) is 4. The molecule has 0 aliphatic carbocycles. The van der Waals surface area contributed by atoms with E-state index >= 15 is 0 Å². The SMILES string of the molecule is CC(C)(C)N(CC(=O)O)Cc1cccnc1C#N. The Morgan fingerprint density at radius 1 is 1.56 bits per heavy atom. The van der Waals surface area contributed by atoms with Crippen molar-refractivity contribution in [2.24, 2.45) is 0 Å². The largest absolute Gasteiger partial charge is 0.480 e. The number of rotatable bonds is 4. The molecule has 0 aliphatic heterocycles. The van der Waals surface area contributed by atoms with Gasteiger partial charge in [-0.3, -0.25) is 9.69 Å². The molecular weight excluding hydrogens is 230 g/mol. The van der Waals surface area contributed by atoms with Crippen molar-refractivity contribution in [2.45, 2.75) is 32.9 Å². The van der Waals surface area contributed by atoms with Gasteiger partial charge in [-0.05, 0) is 26.8 Å². The Bertz CT molecular complexity index is 472. The van der Waals surface area contributed by atoms with Gasteiger partial charge in [-0.1, -0.05) is 6.07 Å². The topological polar surface area (TPSA) is 77.2 Å². The number of aromatic nitrogens is 1. The van der Waals surface area contributed by atoms with E-state index in [2.05, 4.69) is 4.98 Å². The van der Waals surface area contributed by atoms with Crippen LogP contribution in [0.2, 0.25) is 0 Å². The fourth-order valence-corrected chi connectivity index (χ4v) is 1.57. The van der Waals surface area contributed by atoms with Crippen molar-refractivity contribution < 1.29 is 9.90 Å². The molecule has 0 radical (unpaired) electrons. The van der Waals surface area contributed by atoms with E-state index in [0.29, 0.717) is 12.2 Å². The average Bonchev–Trinajstić information content (AvgIpc) is 2.27. The van der Waals surface area contributed by atoms with Crippen molar-refractivity contribution in [1.82, 2.24) is 9.88 Å². The summed E-state index contributed by atoms with van der Waals surface area (Å²) in [5, 5.41) is 17.9. The first-order chi connectivity index (χ1) is 8.34. The van der Waals surface area contributed by atoms with Gasteiger partial charge < -0.3 is 5.11 Å². The quantitative estimate of drug-likeness (QED) is 0.875. The smallest absolute Gasteiger partial charge is 0.317 e. The molecular formula is C13H17N3O2. The second-order valence-corrected chi connectivity index (χ2v) is 5.04. The molecule has 0 fully saturated rings. The summed E-state index contributed by atoms with van der Waals surface area (Å²) >= 11 is 0. The molecule has 1 aromatic rings. The Kier molecular flexibility index (Phi) is 4.40. The van der Waals surface area contributed by atoms with Gasteiger partial charge in [-0.15, -0.1) is 0 Å². The summed E-state index contributed by atoms with van der Waals surface area (Å²) in [5.41, 5.74) is 0.800. The molecule has 0 atom stereocenters. The third kappa shape index (κ3) is 3.82. The van der Waals surface area contributed by atoms with Crippen molar-refractivity contribution in [3.63, 3.8) is 0 Å². The summed E-state index contributed by atoms with van der Waals surface area (Å²) in [6.07, 6.45) is 1.56. The molecule has 0 saturated heterocycles. The Balaban J connectivity index is 2.97. The highest BCUT2D eigenvalue weighted by atomic mass is 16.4. The number of hydrogen-bond donors (Lipinski definition) is 1. The molecule has 1 rings (SSSR count). The van der Waals surface area contributed by atoms with Gasteiger partial charge in [0.25, 0.3) is 0 Å². The predicted molar refractivity (Wildman–Crippen MR) is 66.8 cm³/mol. The van der Waals surface area contributed by atoms with E-state index in [1.165, 1.54) is 0 Å². The maximum atomic E-state index is 10.9. The fraction of sp³-hybridized carbons (Fsp3) is 0.462. The summed E-state index contributed by atoms with van der Waals surface area (Å²) in [5.74, 6) is -0.882. The lowest BCUT2D eigenvalue weighted by Gasteiger charge is -2.34. The first kappa shape index (κ1) is 14.1. The Hall–Kier alpha value is -1.93. The van der Waals surface area contributed by atoms with Crippen molar-refractivity contribution in [1.29, 1.82) is 5.26 Å². The molecule has 0 aliphatic rings. The zero-order valence-corrected chi connectivity index (χ0v) is 10.8. The zero-order valence-electron chi connectivity index (χ0n) is 10.8. The molecule has 0 unspecified atom stereocenters. The molecule has 1 aromatic heterocycles. The lowest BCUT2D eigenvalue weighted by Crippen LogP contribution is -2.44. The standard InChI is InChI=1S/C13H17N3O2/c1-13(2,3)16(9-12(17)18)8-10-5-4-6-15-11(10)7-14/h4-6H,8-9H2,1-3H3,(H,17,18). The number of nitriles is 1. The van der Waals surface area contributed by atoms with Crippen molar-refractivity contribution in [3.05, 3.63) is 29.6 Å². The van der Waals surface area contributed by atoms with Crippen LogP contribution in [0.5, 0.6) is 0 Å². The van der Waals surface area contributed by atoms with Gasteiger partial charge in [0, 0.05) is 23.8 Å². The summed E-state index contributed by atoms with van der Waals surface area (Å²) in [6.45, 7) is 6.16. The van der Waals surface area contributed by atoms with Crippen molar-refractivity contribution >= 4 is 5.97 Å². The minimum Gasteiger partial charge on any atom is -0.480 e. The van der Waals surface area contributed by atoms with Gasteiger partial charge in [0.05, 0.1) is 6.54 Å². The van der Waals surface area contributed by atoms with E-state index in [1.54, 1.807) is 23.2 Å². The molecule has 0 amide bonds. The summed E-state index contributed by atoms with van der Waals surface area (Å²) in [6, 6.07) is 5.57. The monoisotopic (exact) mass is 247 g/mol. The third-order valence-corrected chi connectivity index (χ3v) is 2.63. The van der Waals surface area contributed by atoms with Crippen molar-refractivity contribution in [2.75, 3.05) is 6.54 Å². The van der Waals surface area contributed by atoms with Crippen LogP contribution in [0.25, 0.3) is 0 Å². The van der Waals surface area contributed by atoms with Crippen LogP contribution in [0.4, 0.5) is 0 Å². The number of carboxylic acid groups (broad SMARTS) is 1. The Morgan fingerprint density at radius 3 is 2.72 bits per heavy atom. The minimum atomic E-state index is -0.882. The van der Waals surface area contributed by atoms with E-state index in [4.69, 9.17) is 10.4 Å². The number of pyridine rings is 1. The Morgan fingerprint density at radius 2 is 2.22 bits per heavy atom. The average molecular weight is 247 g/mol. The van der Waals surface area contributed by atoms with E-state index in [9.17, 15) is 4.79 Å². The molecule has 96 valence electrons. The van der Waals surface area contributed by atoms with E-state index in [1.807, 2.05) is 26.8 Å². The van der Waals surface area contributed by atoms with Crippen LogP contribution in [-0.4, -0.2) is 33.0 Å². The highest BCUT2D eigenvalue weighted by Gasteiger charge is 2.24. The molecule has 1 N–H and O–H groups in total. The second kappa shape index (κ2) is 5.61. The normalized spacial score (nSPS) is 11.3. The van der Waals surface area contributed by atoms with Crippen LogP contribution >= 0.6 is 0 Å². The van der Waals surface area contributed by atoms with Gasteiger partial charge in [0.1, 0.15) is 11.8 Å². The zero-order chi connectivity index (χ0) is 13.8. The summed E-state index contributed by atoms with van der Waals surface area (Å²) in [7, 11) is 0. The summed E-state index contributed by atoms with van der Waals surface area (Å²) < 4.78 is 0. The third-order valence-electron chi connectivity index (χ3n) is 2.63. The molecule has 0 spiro atoms. The maximum Gasteiger partial charge on any atom is 0.317 e. The molecule has 0 aromatic carbocycles. The number of aliphatic carboxylic acids is 1. The second-order valence-electron chi connectivity index (χ2n) is 5.04. The van der Waals surface area contributed by atoms with Crippen LogP contribution in [0.15, 0.2) is 18.3 Å². The van der Waals surface area contributed by atoms with E-state index < -0.39 is 5.97 Å². The fourth-order valence-electron chi connectivity index (χ4n) is 1.57. The van der Waals surface area contributed by atoms with Crippen LogP contribution in [0, 0.1) is 11.3 Å². The molecule has 0 bridgehead atoms. The van der Waals surface area contributed by atoms with E-state index in [0.717, 1.165) is 5.56 Å². The highest BCUT2D eigenvalue weighted by molar-refractivity contribution is 5.69. The van der Waals surface area contributed by atoms with Gasteiger partial charge in [-0.25, -0.2) is 4.98 Å². The minimum absolute atomic E-state index is 0.0662.